The molecule has 0 spiro atoms. The van der Waals surface area contributed by atoms with Gasteiger partial charge in [-0.15, -0.1) is 0 Å². The molecule has 0 amide bonds. The van der Waals surface area contributed by atoms with E-state index in [1.54, 1.807) is 15.3 Å². The zero-order valence-corrected chi connectivity index (χ0v) is 20.9. The Morgan fingerprint density at radius 2 is 1.43 bits per heavy atom. The van der Waals surface area contributed by atoms with Gasteiger partial charge in [-0.1, -0.05) is 60.7 Å². The normalized spacial score (nSPS) is 14.5. The smallest absolute Gasteiger partial charge is 0.333 e. The maximum Gasteiger partial charge on any atom is 0.333 e. The summed E-state index contributed by atoms with van der Waals surface area (Å²) in [7, 11) is 1.81. The molecule has 37 heavy (non-hydrogen) atoms. The Morgan fingerprint density at radius 1 is 0.811 bits per heavy atom. The number of anilines is 1. The zero-order valence-electron chi connectivity index (χ0n) is 20.9. The van der Waals surface area contributed by atoms with Crippen LogP contribution in [0.15, 0.2) is 102 Å². The number of aliphatic hydroxyl groups is 1. The summed E-state index contributed by atoms with van der Waals surface area (Å²) < 4.78 is 3.43. The summed E-state index contributed by atoms with van der Waals surface area (Å²) in [5.41, 5.74) is 6.74. The van der Waals surface area contributed by atoms with E-state index < -0.39 is 0 Å². The number of aromatic nitrogens is 3. The van der Waals surface area contributed by atoms with E-state index in [0.29, 0.717) is 0 Å². The molecular formula is C31H30N4O2. The SMILES string of the molecule is Cn1c(=O)n(-c2ccc(C(c3ccccc3)c3ccccc3)nc2)c2ccc(N3CCC(O)CC3)cc21. The summed E-state index contributed by atoms with van der Waals surface area (Å²) in [6.07, 6.45) is 3.12. The first-order valence-corrected chi connectivity index (χ1v) is 12.8. The van der Waals surface area contributed by atoms with Crippen molar-refractivity contribution in [1.82, 2.24) is 14.1 Å². The maximum absolute atomic E-state index is 13.3. The molecule has 1 saturated heterocycles. The molecule has 2 aromatic heterocycles. The summed E-state index contributed by atoms with van der Waals surface area (Å²) in [6.45, 7) is 1.63. The van der Waals surface area contributed by atoms with Crippen LogP contribution in [0.5, 0.6) is 0 Å². The third kappa shape index (κ3) is 4.34. The van der Waals surface area contributed by atoms with Gasteiger partial charge in [0.1, 0.15) is 0 Å². The minimum absolute atomic E-state index is 0.00584. The number of aryl methyl sites for hydroxylation is 1. The molecule has 0 unspecified atom stereocenters. The topological polar surface area (TPSA) is 63.3 Å². The molecule has 1 N–H and O–H groups in total. The fourth-order valence-corrected chi connectivity index (χ4v) is 5.42. The molecule has 5 aromatic rings. The Bertz CT molecular complexity index is 1530. The van der Waals surface area contributed by atoms with Crippen LogP contribution in [0.1, 0.15) is 35.6 Å². The lowest BCUT2D eigenvalue weighted by Crippen LogP contribution is -2.35. The zero-order chi connectivity index (χ0) is 25.4. The minimum atomic E-state index is -0.218. The molecule has 3 aromatic carbocycles. The van der Waals surface area contributed by atoms with E-state index in [1.807, 2.05) is 37.4 Å². The number of hydrogen-bond donors (Lipinski definition) is 1. The highest BCUT2D eigenvalue weighted by molar-refractivity contribution is 5.82. The molecule has 0 saturated carbocycles. The summed E-state index contributed by atoms with van der Waals surface area (Å²) in [4.78, 5) is 20.5. The number of rotatable bonds is 5. The van der Waals surface area contributed by atoms with E-state index in [0.717, 1.165) is 54.0 Å². The van der Waals surface area contributed by atoms with E-state index in [1.165, 1.54) is 11.1 Å². The number of benzene rings is 3. The molecule has 1 aliphatic rings. The average Bonchev–Trinajstić information content (AvgIpc) is 3.20. The van der Waals surface area contributed by atoms with Crippen LogP contribution in [0.25, 0.3) is 16.7 Å². The lowest BCUT2D eigenvalue weighted by atomic mass is 9.88. The molecule has 0 aliphatic carbocycles. The van der Waals surface area contributed by atoms with Gasteiger partial charge in [-0.2, -0.15) is 0 Å². The molecule has 0 bridgehead atoms. The monoisotopic (exact) mass is 490 g/mol. The molecule has 1 aliphatic heterocycles. The number of hydrogen-bond acceptors (Lipinski definition) is 4. The van der Waals surface area contributed by atoms with Gasteiger partial charge in [0.05, 0.1) is 40.6 Å². The van der Waals surface area contributed by atoms with Crippen molar-refractivity contribution in [2.45, 2.75) is 24.9 Å². The lowest BCUT2D eigenvalue weighted by molar-refractivity contribution is 0.145. The van der Waals surface area contributed by atoms with Crippen LogP contribution in [-0.2, 0) is 7.05 Å². The number of fused-ring (bicyclic) bond motifs is 1. The standard InChI is InChI=1S/C31H30N4O2/c1-33-29-20-24(34-18-16-26(36)17-19-34)13-15-28(29)35(31(33)37)25-12-14-27(32-21-25)30(22-8-4-2-5-9-22)23-10-6-3-7-11-23/h2-15,20-21,26,30,36H,16-19H2,1H3. The molecule has 6 heteroatoms. The second kappa shape index (κ2) is 9.71. The molecule has 186 valence electrons. The van der Waals surface area contributed by atoms with Crippen LogP contribution in [0.4, 0.5) is 5.69 Å². The second-order valence-corrected chi connectivity index (χ2v) is 9.76. The van der Waals surface area contributed by atoms with Gasteiger partial charge >= 0.3 is 5.69 Å². The molecule has 0 radical (unpaired) electrons. The quantitative estimate of drug-likeness (QED) is 0.382. The molecule has 0 atom stereocenters. The van der Waals surface area contributed by atoms with E-state index in [9.17, 15) is 9.90 Å². The predicted molar refractivity (Wildman–Crippen MR) is 148 cm³/mol. The van der Waals surface area contributed by atoms with Crippen molar-refractivity contribution in [1.29, 1.82) is 0 Å². The minimum Gasteiger partial charge on any atom is -0.393 e. The van der Waals surface area contributed by atoms with E-state index in [4.69, 9.17) is 4.98 Å². The van der Waals surface area contributed by atoms with Crippen molar-refractivity contribution in [2.24, 2.45) is 7.05 Å². The second-order valence-electron chi connectivity index (χ2n) is 9.76. The van der Waals surface area contributed by atoms with Crippen molar-refractivity contribution in [3.05, 3.63) is 124 Å². The van der Waals surface area contributed by atoms with Gasteiger partial charge < -0.3 is 10.0 Å². The summed E-state index contributed by atoms with van der Waals surface area (Å²) in [6, 6.07) is 30.9. The number of imidazole rings is 1. The Kier molecular flexibility index (Phi) is 6.10. The Balaban J connectivity index is 1.38. The number of pyridine rings is 1. The van der Waals surface area contributed by atoms with Crippen LogP contribution >= 0.6 is 0 Å². The van der Waals surface area contributed by atoms with Gasteiger partial charge in [-0.05, 0) is 54.3 Å². The fraction of sp³-hybridized carbons (Fsp3) is 0.226. The molecular weight excluding hydrogens is 460 g/mol. The average molecular weight is 491 g/mol. The highest BCUT2D eigenvalue weighted by Crippen LogP contribution is 2.31. The van der Waals surface area contributed by atoms with Crippen molar-refractivity contribution in [3.63, 3.8) is 0 Å². The highest BCUT2D eigenvalue weighted by atomic mass is 16.3. The number of piperidine rings is 1. The van der Waals surface area contributed by atoms with Crippen LogP contribution in [0.3, 0.4) is 0 Å². The van der Waals surface area contributed by atoms with Gasteiger partial charge in [-0.3, -0.25) is 14.1 Å². The molecule has 1 fully saturated rings. The van der Waals surface area contributed by atoms with Crippen molar-refractivity contribution < 1.29 is 5.11 Å². The summed E-state index contributed by atoms with van der Waals surface area (Å²) in [5, 5.41) is 9.86. The van der Waals surface area contributed by atoms with Crippen molar-refractivity contribution in [3.8, 4) is 5.69 Å². The van der Waals surface area contributed by atoms with Crippen LogP contribution < -0.4 is 10.6 Å². The summed E-state index contributed by atoms with van der Waals surface area (Å²) >= 11 is 0. The van der Waals surface area contributed by atoms with E-state index in [2.05, 4.69) is 65.6 Å². The van der Waals surface area contributed by atoms with Gasteiger partial charge in [-0.25, -0.2) is 4.79 Å². The Hall–Kier alpha value is -4.16. The molecule has 6 rings (SSSR count). The van der Waals surface area contributed by atoms with Crippen LogP contribution in [0.2, 0.25) is 0 Å². The third-order valence-corrected chi connectivity index (χ3v) is 7.46. The largest absolute Gasteiger partial charge is 0.393 e. The first-order valence-electron chi connectivity index (χ1n) is 12.8. The third-order valence-electron chi connectivity index (χ3n) is 7.46. The van der Waals surface area contributed by atoms with Crippen molar-refractivity contribution in [2.75, 3.05) is 18.0 Å². The fourth-order valence-electron chi connectivity index (χ4n) is 5.42. The molecule has 6 nitrogen and oxygen atoms in total. The first kappa shape index (κ1) is 23.3. The first-order chi connectivity index (χ1) is 18.1. The maximum atomic E-state index is 13.3. The number of aliphatic hydroxyl groups excluding tert-OH is 1. The van der Waals surface area contributed by atoms with Crippen LogP contribution in [0, 0.1) is 0 Å². The van der Waals surface area contributed by atoms with Crippen molar-refractivity contribution >= 4 is 16.7 Å². The predicted octanol–water partition coefficient (Wildman–Crippen LogP) is 4.87. The highest BCUT2D eigenvalue weighted by Gasteiger charge is 2.21. The lowest BCUT2D eigenvalue weighted by Gasteiger charge is -2.31. The van der Waals surface area contributed by atoms with Gasteiger partial charge in [0.2, 0.25) is 0 Å². The Morgan fingerprint density at radius 3 is 2.03 bits per heavy atom. The molecule has 3 heterocycles. The van der Waals surface area contributed by atoms with Crippen LogP contribution in [-0.4, -0.2) is 38.4 Å². The van der Waals surface area contributed by atoms with E-state index >= 15 is 0 Å². The number of nitrogens with zero attached hydrogens (tertiary/aromatic N) is 4. The van der Waals surface area contributed by atoms with Gasteiger partial charge in [0, 0.05) is 25.8 Å². The van der Waals surface area contributed by atoms with E-state index in [-0.39, 0.29) is 17.7 Å². The van der Waals surface area contributed by atoms with Gasteiger partial charge in [0.25, 0.3) is 0 Å². The van der Waals surface area contributed by atoms with Gasteiger partial charge in [0.15, 0.2) is 0 Å². The Labute approximate surface area is 216 Å². The summed E-state index contributed by atoms with van der Waals surface area (Å²) in [5.74, 6) is 0.00584.